The highest BCUT2D eigenvalue weighted by Gasteiger charge is 2.35. The zero-order chi connectivity index (χ0) is 24.5. The van der Waals surface area contributed by atoms with Crippen molar-refractivity contribution < 1.29 is 17.9 Å². The van der Waals surface area contributed by atoms with Crippen LogP contribution in [0.25, 0.3) is 16.9 Å². The summed E-state index contributed by atoms with van der Waals surface area (Å²) in [6.45, 7) is 3.51. The van der Waals surface area contributed by atoms with E-state index in [2.05, 4.69) is 15.4 Å². The number of ether oxygens (including phenoxy) is 1. The highest BCUT2D eigenvalue weighted by atomic mass is 19.4. The van der Waals surface area contributed by atoms with Gasteiger partial charge in [0.05, 0.1) is 16.9 Å². The molecule has 0 atom stereocenters. The number of hydrogen-bond acceptors (Lipinski definition) is 5. The molecule has 2 heterocycles. The Hall–Kier alpha value is -3.95. The number of aromatic nitrogens is 5. The number of benzene rings is 2. The van der Waals surface area contributed by atoms with Gasteiger partial charge >= 0.3 is 11.9 Å². The van der Waals surface area contributed by atoms with Crippen molar-refractivity contribution in [2.75, 3.05) is 0 Å². The molecule has 2 aromatic carbocycles. The lowest BCUT2D eigenvalue weighted by Gasteiger charge is -2.17. The second-order valence-corrected chi connectivity index (χ2v) is 7.73. The Balaban J connectivity index is 1.70. The van der Waals surface area contributed by atoms with Crippen LogP contribution < -0.4 is 10.4 Å². The second kappa shape index (κ2) is 9.12. The van der Waals surface area contributed by atoms with Crippen LogP contribution in [-0.4, -0.2) is 24.8 Å². The quantitative estimate of drug-likeness (QED) is 0.416. The fourth-order valence-corrected chi connectivity index (χ4v) is 3.56. The molecule has 0 N–H and O–H groups in total. The SMILES string of the molecule is CCc1cccc(-c2ccc(OCc3c(C)cccc3-n3nnn(C)c3=O)c(C(F)(F)F)c2)n1. The summed E-state index contributed by atoms with van der Waals surface area (Å²) in [7, 11) is 1.46. The third-order valence-electron chi connectivity index (χ3n) is 5.46. The number of rotatable bonds is 6. The number of pyridine rings is 1. The van der Waals surface area contributed by atoms with E-state index in [1.165, 1.54) is 13.1 Å². The first-order valence-corrected chi connectivity index (χ1v) is 10.6. The van der Waals surface area contributed by atoms with E-state index in [0.29, 0.717) is 28.9 Å². The molecule has 0 aliphatic carbocycles. The number of nitrogens with zero attached hydrogens (tertiary/aromatic N) is 5. The van der Waals surface area contributed by atoms with Crippen molar-refractivity contribution in [3.05, 3.63) is 87.5 Å². The minimum Gasteiger partial charge on any atom is -0.488 e. The molecule has 0 saturated carbocycles. The van der Waals surface area contributed by atoms with E-state index < -0.39 is 17.4 Å². The van der Waals surface area contributed by atoms with Crippen LogP contribution in [0.4, 0.5) is 13.2 Å². The molecule has 34 heavy (non-hydrogen) atoms. The monoisotopic (exact) mass is 469 g/mol. The maximum absolute atomic E-state index is 13.9. The number of hydrogen-bond donors (Lipinski definition) is 0. The topological polar surface area (TPSA) is 74.8 Å². The van der Waals surface area contributed by atoms with Gasteiger partial charge in [-0.1, -0.05) is 25.1 Å². The molecule has 10 heteroatoms. The number of tetrazole rings is 1. The van der Waals surface area contributed by atoms with Crippen LogP contribution >= 0.6 is 0 Å². The molecule has 0 bridgehead atoms. The van der Waals surface area contributed by atoms with Crippen molar-refractivity contribution in [3.8, 4) is 22.7 Å². The van der Waals surface area contributed by atoms with Crippen LogP contribution in [0.2, 0.25) is 0 Å². The normalized spacial score (nSPS) is 11.6. The van der Waals surface area contributed by atoms with Crippen molar-refractivity contribution in [1.82, 2.24) is 24.8 Å². The largest absolute Gasteiger partial charge is 0.488 e. The Morgan fingerprint density at radius 1 is 1.03 bits per heavy atom. The molecule has 0 saturated heterocycles. The van der Waals surface area contributed by atoms with Gasteiger partial charge in [0.25, 0.3) is 0 Å². The van der Waals surface area contributed by atoms with Gasteiger partial charge in [0.2, 0.25) is 0 Å². The average molecular weight is 469 g/mol. The minimum atomic E-state index is -4.63. The van der Waals surface area contributed by atoms with Crippen LogP contribution in [0.1, 0.15) is 29.3 Å². The van der Waals surface area contributed by atoms with Crippen LogP contribution in [-0.2, 0) is 26.3 Å². The van der Waals surface area contributed by atoms with Crippen molar-refractivity contribution in [3.63, 3.8) is 0 Å². The summed E-state index contributed by atoms with van der Waals surface area (Å²) in [5, 5.41) is 7.53. The van der Waals surface area contributed by atoms with E-state index in [1.54, 1.807) is 43.3 Å². The van der Waals surface area contributed by atoms with Gasteiger partial charge in [-0.05, 0) is 65.7 Å². The predicted molar refractivity (Wildman–Crippen MR) is 120 cm³/mol. The lowest BCUT2D eigenvalue weighted by molar-refractivity contribution is -0.139. The predicted octanol–water partition coefficient (Wildman–Crippen LogP) is 4.50. The first kappa shape index (κ1) is 23.2. The molecule has 0 radical (unpaired) electrons. The second-order valence-electron chi connectivity index (χ2n) is 7.73. The summed E-state index contributed by atoms with van der Waals surface area (Å²) in [5.41, 5.74) is 1.87. The van der Waals surface area contributed by atoms with E-state index >= 15 is 0 Å². The van der Waals surface area contributed by atoms with Crippen molar-refractivity contribution in [2.45, 2.75) is 33.1 Å². The molecule has 0 unspecified atom stereocenters. The van der Waals surface area contributed by atoms with Crippen molar-refractivity contribution >= 4 is 0 Å². The molecule has 4 aromatic rings. The summed E-state index contributed by atoms with van der Waals surface area (Å²) >= 11 is 0. The number of aryl methyl sites for hydroxylation is 3. The van der Waals surface area contributed by atoms with E-state index in [-0.39, 0.29) is 12.4 Å². The van der Waals surface area contributed by atoms with Gasteiger partial charge in [-0.15, -0.1) is 0 Å². The molecule has 2 aromatic heterocycles. The van der Waals surface area contributed by atoms with E-state index in [1.807, 2.05) is 13.0 Å². The Labute approximate surface area is 193 Å². The van der Waals surface area contributed by atoms with Crippen molar-refractivity contribution in [2.24, 2.45) is 7.05 Å². The van der Waals surface area contributed by atoms with Gasteiger partial charge in [0.15, 0.2) is 0 Å². The molecule has 0 fully saturated rings. The smallest absolute Gasteiger partial charge is 0.419 e. The standard InChI is InChI=1S/C24H22F3N5O2/c1-4-17-8-6-9-20(28-17)16-11-12-22(19(13-16)24(25,26)27)34-14-18-15(2)7-5-10-21(18)32-23(33)31(3)29-30-32/h5-13H,4,14H2,1-3H3. The summed E-state index contributed by atoms with van der Waals surface area (Å²) in [4.78, 5) is 16.7. The van der Waals surface area contributed by atoms with Gasteiger partial charge in [0.1, 0.15) is 12.4 Å². The lowest BCUT2D eigenvalue weighted by atomic mass is 10.0. The molecule has 7 nitrogen and oxygen atoms in total. The van der Waals surface area contributed by atoms with Crippen molar-refractivity contribution in [1.29, 1.82) is 0 Å². The summed E-state index contributed by atoms with van der Waals surface area (Å²) in [6, 6.07) is 14.3. The van der Waals surface area contributed by atoms with E-state index in [4.69, 9.17) is 4.74 Å². The molecular weight excluding hydrogens is 447 g/mol. The summed E-state index contributed by atoms with van der Waals surface area (Å²) in [5.74, 6) is -0.316. The molecule has 4 rings (SSSR count). The molecule has 0 aliphatic rings. The lowest BCUT2D eigenvalue weighted by Crippen LogP contribution is -2.23. The summed E-state index contributed by atoms with van der Waals surface area (Å²) in [6.07, 6.45) is -3.96. The molecule has 0 aliphatic heterocycles. The van der Waals surface area contributed by atoms with E-state index in [0.717, 1.165) is 26.7 Å². The molecule has 0 spiro atoms. The maximum atomic E-state index is 13.9. The fraction of sp³-hybridized carbons (Fsp3) is 0.250. The molecular formula is C24H22F3N5O2. The highest BCUT2D eigenvalue weighted by Crippen LogP contribution is 2.39. The van der Waals surface area contributed by atoms with Gasteiger partial charge in [0, 0.05) is 23.9 Å². The average Bonchev–Trinajstić information content (AvgIpc) is 3.15. The zero-order valence-electron chi connectivity index (χ0n) is 18.8. The van der Waals surface area contributed by atoms with Crippen LogP contribution in [0.5, 0.6) is 5.75 Å². The van der Waals surface area contributed by atoms with Crippen LogP contribution in [0, 0.1) is 6.92 Å². The van der Waals surface area contributed by atoms with Crippen LogP contribution in [0.15, 0.2) is 59.4 Å². The molecule has 0 amide bonds. The van der Waals surface area contributed by atoms with Gasteiger partial charge < -0.3 is 4.74 Å². The van der Waals surface area contributed by atoms with E-state index in [9.17, 15) is 18.0 Å². The first-order valence-electron chi connectivity index (χ1n) is 10.6. The third kappa shape index (κ3) is 4.57. The Morgan fingerprint density at radius 2 is 1.79 bits per heavy atom. The van der Waals surface area contributed by atoms with Gasteiger partial charge in [-0.2, -0.15) is 22.5 Å². The fourth-order valence-electron chi connectivity index (χ4n) is 3.56. The molecule has 176 valence electrons. The Morgan fingerprint density at radius 3 is 2.47 bits per heavy atom. The zero-order valence-corrected chi connectivity index (χ0v) is 18.8. The minimum absolute atomic E-state index is 0.197. The number of alkyl halides is 3. The summed E-state index contributed by atoms with van der Waals surface area (Å²) < 4.78 is 49.6. The van der Waals surface area contributed by atoms with Crippen LogP contribution in [0.3, 0.4) is 0 Å². The first-order chi connectivity index (χ1) is 16.2. The Kier molecular flexibility index (Phi) is 6.23. The number of halogens is 3. The third-order valence-corrected chi connectivity index (χ3v) is 5.46. The van der Waals surface area contributed by atoms with Gasteiger partial charge in [-0.3, -0.25) is 4.98 Å². The maximum Gasteiger partial charge on any atom is 0.419 e. The Bertz CT molecular complexity index is 1390. The highest BCUT2D eigenvalue weighted by molar-refractivity contribution is 5.62. The van der Waals surface area contributed by atoms with Gasteiger partial charge in [-0.25, -0.2) is 4.79 Å².